The summed E-state index contributed by atoms with van der Waals surface area (Å²) in [5, 5.41) is 2.85. The Labute approximate surface area is 130 Å². The van der Waals surface area contributed by atoms with Gasteiger partial charge in [-0.3, -0.25) is 4.79 Å². The lowest BCUT2D eigenvalue weighted by molar-refractivity contribution is 0.104. The van der Waals surface area contributed by atoms with Gasteiger partial charge in [0.2, 0.25) is 0 Å². The van der Waals surface area contributed by atoms with Crippen LogP contribution in [0.4, 0.5) is 0 Å². The van der Waals surface area contributed by atoms with Gasteiger partial charge in [0.25, 0.3) is 0 Å². The van der Waals surface area contributed by atoms with E-state index in [9.17, 15) is 4.79 Å². The van der Waals surface area contributed by atoms with Crippen LogP contribution in [0.15, 0.2) is 40.3 Å². The molecule has 0 saturated carbocycles. The van der Waals surface area contributed by atoms with E-state index in [1.807, 2.05) is 29.6 Å². The van der Waals surface area contributed by atoms with Gasteiger partial charge in [-0.05, 0) is 40.8 Å². The summed E-state index contributed by atoms with van der Waals surface area (Å²) in [6.07, 6.45) is 1.78. The highest BCUT2D eigenvalue weighted by Crippen LogP contribution is 2.29. The third kappa shape index (κ3) is 2.04. The SMILES string of the molecule is O=C(c1csc(I)c1)c1c[nH]c2cccc(Br)c12. The second kappa shape index (κ2) is 4.79. The van der Waals surface area contributed by atoms with E-state index < -0.39 is 0 Å². The fourth-order valence-electron chi connectivity index (χ4n) is 1.90. The Balaban J connectivity index is 2.18. The first-order valence-electron chi connectivity index (χ1n) is 5.21. The first-order chi connectivity index (χ1) is 8.66. The number of benzene rings is 1. The molecule has 0 unspecified atom stereocenters. The average molecular weight is 432 g/mol. The van der Waals surface area contributed by atoms with Gasteiger partial charge in [0.15, 0.2) is 5.78 Å². The van der Waals surface area contributed by atoms with Gasteiger partial charge in [-0.15, -0.1) is 11.3 Å². The van der Waals surface area contributed by atoms with Crippen LogP contribution in [0.5, 0.6) is 0 Å². The van der Waals surface area contributed by atoms with Crippen LogP contribution >= 0.6 is 49.9 Å². The Morgan fingerprint density at radius 3 is 2.94 bits per heavy atom. The smallest absolute Gasteiger partial charge is 0.196 e. The Kier molecular flexibility index (Phi) is 3.29. The fraction of sp³-hybridized carbons (Fsp3) is 0. The number of nitrogens with one attached hydrogen (secondary N) is 1. The van der Waals surface area contributed by atoms with Crippen LogP contribution in [0.25, 0.3) is 10.9 Å². The minimum Gasteiger partial charge on any atom is -0.360 e. The predicted molar refractivity (Wildman–Crippen MR) is 86.5 cm³/mol. The number of rotatable bonds is 2. The summed E-state index contributed by atoms with van der Waals surface area (Å²) in [4.78, 5) is 15.6. The maximum Gasteiger partial charge on any atom is 0.196 e. The van der Waals surface area contributed by atoms with E-state index in [-0.39, 0.29) is 5.78 Å². The zero-order valence-electron chi connectivity index (χ0n) is 9.04. The number of ketones is 1. The molecule has 0 atom stereocenters. The molecule has 0 amide bonds. The Morgan fingerprint density at radius 2 is 2.22 bits per heavy atom. The molecule has 0 aliphatic heterocycles. The zero-order chi connectivity index (χ0) is 12.7. The minimum atomic E-state index is 0.0623. The molecule has 2 nitrogen and oxygen atoms in total. The van der Waals surface area contributed by atoms with Crippen molar-refractivity contribution in [1.29, 1.82) is 0 Å². The maximum atomic E-state index is 12.4. The molecule has 0 aliphatic rings. The molecule has 0 spiro atoms. The molecule has 3 rings (SSSR count). The Morgan fingerprint density at radius 1 is 1.39 bits per heavy atom. The van der Waals surface area contributed by atoms with E-state index >= 15 is 0 Å². The van der Waals surface area contributed by atoms with Gasteiger partial charge in [0, 0.05) is 38.1 Å². The standard InChI is InChI=1S/C13H7BrINOS/c14-9-2-1-3-10-12(9)8(5-16-10)13(17)7-4-11(15)18-6-7/h1-6,16H. The van der Waals surface area contributed by atoms with E-state index in [2.05, 4.69) is 43.5 Å². The molecular formula is C13H7BrINOS. The quantitative estimate of drug-likeness (QED) is 0.457. The van der Waals surface area contributed by atoms with Crippen LogP contribution in [-0.2, 0) is 0 Å². The van der Waals surface area contributed by atoms with Crippen molar-refractivity contribution in [2.24, 2.45) is 0 Å². The fourth-order valence-corrected chi connectivity index (χ4v) is 3.81. The van der Waals surface area contributed by atoms with E-state index in [0.717, 1.165) is 23.8 Å². The maximum absolute atomic E-state index is 12.4. The molecule has 18 heavy (non-hydrogen) atoms. The number of carbonyl (C=O) groups is 1. The lowest BCUT2D eigenvalue weighted by Gasteiger charge is -1.98. The van der Waals surface area contributed by atoms with Crippen molar-refractivity contribution >= 4 is 66.5 Å². The van der Waals surface area contributed by atoms with Crippen LogP contribution in [0.2, 0.25) is 0 Å². The highest BCUT2D eigenvalue weighted by molar-refractivity contribution is 14.1. The summed E-state index contributed by atoms with van der Waals surface area (Å²) in [7, 11) is 0. The third-order valence-corrected chi connectivity index (χ3v) is 5.18. The normalized spacial score (nSPS) is 11.0. The van der Waals surface area contributed by atoms with E-state index in [0.29, 0.717) is 5.56 Å². The topological polar surface area (TPSA) is 32.9 Å². The van der Waals surface area contributed by atoms with Crippen molar-refractivity contribution < 1.29 is 4.79 Å². The van der Waals surface area contributed by atoms with E-state index in [4.69, 9.17) is 0 Å². The van der Waals surface area contributed by atoms with Crippen LogP contribution in [0.3, 0.4) is 0 Å². The minimum absolute atomic E-state index is 0.0623. The number of hydrogen-bond donors (Lipinski definition) is 1. The van der Waals surface area contributed by atoms with Crippen molar-refractivity contribution in [2.45, 2.75) is 0 Å². The van der Waals surface area contributed by atoms with Crippen LogP contribution in [0, 0.1) is 2.88 Å². The number of hydrogen-bond acceptors (Lipinski definition) is 2. The monoisotopic (exact) mass is 431 g/mol. The van der Waals surface area contributed by atoms with Gasteiger partial charge >= 0.3 is 0 Å². The molecule has 0 fully saturated rings. The number of halogens is 2. The molecule has 0 bridgehead atoms. The Bertz CT molecular complexity index is 746. The highest BCUT2D eigenvalue weighted by atomic mass is 127. The van der Waals surface area contributed by atoms with Gasteiger partial charge in [-0.1, -0.05) is 22.0 Å². The summed E-state index contributed by atoms with van der Waals surface area (Å²) in [5.41, 5.74) is 2.44. The second-order valence-corrected chi connectivity index (χ2v) is 7.49. The van der Waals surface area contributed by atoms with Gasteiger partial charge in [-0.25, -0.2) is 0 Å². The second-order valence-electron chi connectivity index (χ2n) is 3.83. The molecule has 5 heteroatoms. The van der Waals surface area contributed by atoms with Crippen molar-refractivity contribution in [1.82, 2.24) is 4.98 Å². The van der Waals surface area contributed by atoms with Gasteiger partial charge < -0.3 is 4.98 Å². The zero-order valence-corrected chi connectivity index (χ0v) is 13.6. The van der Waals surface area contributed by atoms with Crippen LogP contribution in [-0.4, -0.2) is 10.8 Å². The van der Waals surface area contributed by atoms with Crippen molar-refractivity contribution in [3.8, 4) is 0 Å². The summed E-state index contributed by atoms with van der Waals surface area (Å²) in [6.45, 7) is 0. The molecule has 3 aromatic rings. The molecule has 0 aliphatic carbocycles. The molecule has 2 heterocycles. The molecule has 0 saturated heterocycles. The van der Waals surface area contributed by atoms with Gasteiger partial charge in [-0.2, -0.15) is 0 Å². The largest absolute Gasteiger partial charge is 0.360 e. The van der Waals surface area contributed by atoms with Gasteiger partial charge in [0.05, 0.1) is 2.88 Å². The summed E-state index contributed by atoms with van der Waals surface area (Å²) in [6, 6.07) is 7.78. The first kappa shape index (κ1) is 12.4. The van der Waals surface area contributed by atoms with Crippen molar-refractivity contribution in [2.75, 3.05) is 0 Å². The molecule has 1 N–H and O–H groups in total. The number of fused-ring (bicyclic) bond motifs is 1. The summed E-state index contributed by atoms with van der Waals surface area (Å²) < 4.78 is 2.06. The third-order valence-electron chi connectivity index (χ3n) is 2.73. The summed E-state index contributed by atoms with van der Waals surface area (Å²) >= 11 is 7.31. The first-order valence-corrected chi connectivity index (χ1v) is 7.96. The van der Waals surface area contributed by atoms with E-state index in [1.165, 1.54) is 0 Å². The van der Waals surface area contributed by atoms with Crippen molar-refractivity contribution in [3.63, 3.8) is 0 Å². The van der Waals surface area contributed by atoms with Crippen LogP contribution < -0.4 is 0 Å². The predicted octanol–water partition coefficient (Wildman–Crippen LogP) is 4.83. The molecule has 1 aromatic carbocycles. The lowest BCUT2D eigenvalue weighted by atomic mass is 10.1. The number of aromatic amines is 1. The molecule has 2 aromatic heterocycles. The average Bonchev–Trinajstić information content (AvgIpc) is 2.95. The number of aromatic nitrogens is 1. The van der Waals surface area contributed by atoms with Crippen molar-refractivity contribution in [3.05, 3.63) is 54.3 Å². The number of H-pyrrole nitrogens is 1. The van der Waals surface area contributed by atoms with Gasteiger partial charge in [0.1, 0.15) is 0 Å². The van der Waals surface area contributed by atoms with E-state index in [1.54, 1.807) is 17.5 Å². The highest BCUT2D eigenvalue weighted by Gasteiger charge is 2.16. The molecular weight excluding hydrogens is 425 g/mol. The van der Waals surface area contributed by atoms with Crippen LogP contribution in [0.1, 0.15) is 15.9 Å². The number of carbonyl (C=O) groups excluding carboxylic acids is 1. The molecule has 90 valence electrons. The Hall–Kier alpha value is -0.660. The lowest BCUT2D eigenvalue weighted by Crippen LogP contribution is -1.98. The summed E-state index contributed by atoms with van der Waals surface area (Å²) in [5.74, 6) is 0.0623. The number of thiophene rings is 1. The molecule has 0 radical (unpaired) electrons.